The van der Waals surface area contributed by atoms with Gasteiger partial charge in [0, 0.05) is 23.2 Å². The third kappa shape index (κ3) is 3.95. The monoisotopic (exact) mass is 358 g/mol. The van der Waals surface area contributed by atoms with Crippen LogP contribution in [0.15, 0.2) is 73.1 Å². The Bertz CT molecular complexity index is 1090. The minimum absolute atomic E-state index is 0.292. The van der Waals surface area contributed by atoms with Gasteiger partial charge in [-0.3, -0.25) is 9.97 Å². The molecule has 2 amide bonds. The van der Waals surface area contributed by atoms with Gasteiger partial charge in [0.05, 0.1) is 23.3 Å². The van der Waals surface area contributed by atoms with Gasteiger partial charge in [-0.15, -0.1) is 0 Å². The Kier molecular flexibility index (Phi) is 4.78. The van der Waals surface area contributed by atoms with E-state index in [2.05, 4.69) is 20.6 Å². The normalized spacial score (nSPS) is 10.7. The molecule has 2 aromatic heterocycles. The van der Waals surface area contributed by atoms with Crippen molar-refractivity contribution in [3.8, 4) is 5.75 Å². The number of nitrogens with zero attached hydrogens (tertiary/aromatic N) is 2. The number of rotatable bonds is 5. The number of hydrogen-bond acceptors (Lipinski definition) is 4. The maximum atomic E-state index is 12.1. The van der Waals surface area contributed by atoms with E-state index in [1.54, 1.807) is 12.4 Å². The van der Waals surface area contributed by atoms with Crippen molar-refractivity contribution < 1.29 is 9.53 Å². The van der Waals surface area contributed by atoms with Gasteiger partial charge in [-0.25, -0.2) is 4.79 Å². The summed E-state index contributed by atoms with van der Waals surface area (Å²) >= 11 is 0. The summed E-state index contributed by atoms with van der Waals surface area (Å²) in [7, 11) is 0. The smallest absolute Gasteiger partial charge is 0.319 e. The molecule has 2 heterocycles. The van der Waals surface area contributed by atoms with E-state index in [4.69, 9.17) is 4.74 Å². The van der Waals surface area contributed by atoms with Crippen molar-refractivity contribution in [2.45, 2.75) is 0 Å². The Morgan fingerprint density at radius 3 is 2.67 bits per heavy atom. The second kappa shape index (κ2) is 7.70. The van der Waals surface area contributed by atoms with Crippen LogP contribution in [0.25, 0.3) is 21.8 Å². The number of carbonyl (C=O) groups excluding carboxylic acids is 1. The minimum atomic E-state index is -0.292. The fraction of sp³-hybridized carbons (Fsp3) is 0.0952. The summed E-state index contributed by atoms with van der Waals surface area (Å²) in [4.78, 5) is 20.7. The molecule has 2 N–H and O–H groups in total. The number of hydrogen-bond donors (Lipinski definition) is 2. The summed E-state index contributed by atoms with van der Waals surface area (Å²) in [5, 5.41) is 7.61. The first-order chi connectivity index (χ1) is 13.3. The summed E-state index contributed by atoms with van der Waals surface area (Å²) in [6, 6.07) is 18.8. The Morgan fingerprint density at radius 2 is 1.74 bits per heavy atom. The molecule has 2 aromatic carbocycles. The fourth-order valence-corrected chi connectivity index (χ4v) is 2.85. The van der Waals surface area contributed by atoms with Gasteiger partial charge in [0.25, 0.3) is 0 Å². The van der Waals surface area contributed by atoms with Crippen LogP contribution < -0.4 is 15.4 Å². The number of urea groups is 1. The molecule has 0 bridgehead atoms. The summed E-state index contributed by atoms with van der Waals surface area (Å²) in [5.74, 6) is 0.746. The van der Waals surface area contributed by atoms with Crippen molar-refractivity contribution in [3.05, 3.63) is 73.1 Å². The van der Waals surface area contributed by atoms with Gasteiger partial charge in [-0.2, -0.15) is 0 Å². The quantitative estimate of drug-likeness (QED) is 0.529. The summed E-state index contributed by atoms with van der Waals surface area (Å²) < 4.78 is 5.70. The van der Waals surface area contributed by atoms with Crippen LogP contribution in [0.1, 0.15) is 0 Å². The number of amides is 2. The van der Waals surface area contributed by atoms with Crippen LogP contribution in [-0.4, -0.2) is 29.2 Å². The highest BCUT2D eigenvalue weighted by molar-refractivity contribution is 5.99. The van der Waals surface area contributed by atoms with Crippen LogP contribution in [0.3, 0.4) is 0 Å². The highest BCUT2D eigenvalue weighted by Crippen LogP contribution is 2.20. The molecular formula is C21H18N4O2. The zero-order chi connectivity index (χ0) is 18.5. The molecule has 4 aromatic rings. The van der Waals surface area contributed by atoms with E-state index in [1.165, 1.54) is 0 Å². The summed E-state index contributed by atoms with van der Waals surface area (Å²) in [6.45, 7) is 0.752. The van der Waals surface area contributed by atoms with Gasteiger partial charge < -0.3 is 15.4 Å². The molecule has 0 aliphatic rings. The highest BCUT2D eigenvalue weighted by Gasteiger charge is 2.06. The van der Waals surface area contributed by atoms with E-state index >= 15 is 0 Å². The van der Waals surface area contributed by atoms with Gasteiger partial charge in [0.1, 0.15) is 12.4 Å². The second-order valence-electron chi connectivity index (χ2n) is 5.97. The number of ether oxygens (including phenoxy) is 1. The number of benzene rings is 2. The molecule has 0 spiro atoms. The Labute approximate surface area is 156 Å². The summed E-state index contributed by atoms with van der Waals surface area (Å²) in [5.41, 5.74) is 2.36. The molecule has 0 aliphatic heterocycles. The van der Waals surface area contributed by atoms with Crippen molar-refractivity contribution in [2.24, 2.45) is 0 Å². The molecule has 134 valence electrons. The maximum Gasteiger partial charge on any atom is 0.319 e. The lowest BCUT2D eigenvalue weighted by molar-refractivity contribution is 0.247. The standard InChI is InChI=1S/C21H18N4O2/c26-21(25-19-7-1-4-15-5-2-11-23-20(15)19)24-12-13-27-17-8-9-18-16(14-17)6-3-10-22-18/h1-11,14H,12-13H2,(H2,24,25,26). The van der Waals surface area contributed by atoms with Crippen LogP contribution in [-0.2, 0) is 0 Å². The number of para-hydroxylation sites is 1. The van der Waals surface area contributed by atoms with Gasteiger partial charge >= 0.3 is 6.03 Å². The van der Waals surface area contributed by atoms with Gasteiger partial charge in [-0.05, 0) is 36.4 Å². The van der Waals surface area contributed by atoms with E-state index in [9.17, 15) is 4.79 Å². The van der Waals surface area contributed by atoms with Crippen molar-refractivity contribution in [1.29, 1.82) is 0 Å². The number of nitrogens with one attached hydrogen (secondary N) is 2. The molecule has 0 fully saturated rings. The molecule has 0 saturated heterocycles. The van der Waals surface area contributed by atoms with Crippen molar-refractivity contribution in [1.82, 2.24) is 15.3 Å². The molecular weight excluding hydrogens is 340 g/mol. The molecule has 0 aliphatic carbocycles. The lowest BCUT2D eigenvalue weighted by atomic mass is 10.2. The zero-order valence-corrected chi connectivity index (χ0v) is 14.6. The highest BCUT2D eigenvalue weighted by atomic mass is 16.5. The molecule has 0 unspecified atom stereocenters. The predicted octanol–water partition coefficient (Wildman–Crippen LogP) is 3.98. The van der Waals surface area contributed by atoms with E-state index in [-0.39, 0.29) is 6.03 Å². The number of pyridine rings is 2. The largest absolute Gasteiger partial charge is 0.492 e. The Hall–Kier alpha value is -3.67. The van der Waals surface area contributed by atoms with Gasteiger partial charge in [0.15, 0.2) is 0 Å². The van der Waals surface area contributed by atoms with Crippen LogP contribution in [0.5, 0.6) is 5.75 Å². The average Bonchev–Trinajstić information content (AvgIpc) is 2.71. The maximum absolute atomic E-state index is 12.1. The Balaban J connectivity index is 1.30. The topological polar surface area (TPSA) is 76.1 Å². The lowest BCUT2D eigenvalue weighted by Crippen LogP contribution is -2.32. The van der Waals surface area contributed by atoms with E-state index in [1.807, 2.05) is 60.7 Å². The van der Waals surface area contributed by atoms with Crippen LogP contribution >= 0.6 is 0 Å². The first-order valence-corrected chi connectivity index (χ1v) is 8.66. The van der Waals surface area contributed by atoms with E-state index in [0.29, 0.717) is 18.8 Å². The van der Waals surface area contributed by atoms with Crippen molar-refractivity contribution in [3.63, 3.8) is 0 Å². The Morgan fingerprint density at radius 1 is 0.926 bits per heavy atom. The van der Waals surface area contributed by atoms with E-state index in [0.717, 1.165) is 27.6 Å². The van der Waals surface area contributed by atoms with Gasteiger partial charge in [-0.1, -0.05) is 24.3 Å². The first kappa shape index (κ1) is 16.8. The van der Waals surface area contributed by atoms with Crippen LogP contribution in [0, 0.1) is 0 Å². The third-order valence-corrected chi connectivity index (χ3v) is 4.11. The van der Waals surface area contributed by atoms with Crippen LogP contribution in [0.2, 0.25) is 0 Å². The number of carbonyl (C=O) groups is 1. The zero-order valence-electron chi connectivity index (χ0n) is 14.6. The number of fused-ring (bicyclic) bond motifs is 2. The van der Waals surface area contributed by atoms with Crippen LogP contribution in [0.4, 0.5) is 10.5 Å². The predicted molar refractivity (Wildman–Crippen MR) is 106 cm³/mol. The lowest BCUT2D eigenvalue weighted by Gasteiger charge is -2.10. The molecule has 6 heteroatoms. The SMILES string of the molecule is O=C(NCCOc1ccc2ncccc2c1)Nc1cccc2cccnc12. The molecule has 27 heavy (non-hydrogen) atoms. The van der Waals surface area contributed by atoms with Crippen molar-refractivity contribution in [2.75, 3.05) is 18.5 Å². The molecule has 0 saturated carbocycles. The minimum Gasteiger partial charge on any atom is -0.492 e. The average molecular weight is 358 g/mol. The summed E-state index contributed by atoms with van der Waals surface area (Å²) in [6.07, 6.45) is 3.47. The molecule has 6 nitrogen and oxygen atoms in total. The second-order valence-corrected chi connectivity index (χ2v) is 5.97. The number of anilines is 1. The molecule has 4 rings (SSSR count). The van der Waals surface area contributed by atoms with Crippen molar-refractivity contribution >= 4 is 33.5 Å². The molecule has 0 radical (unpaired) electrons. The van der Waals surface area contributed by atoms with Gasteiger partial charge in [0.2, 0.25) is 0 Å². The fourth-order valence-electron chi connectivity index (χ4n) is 2.85. The molecule has 0 atom stereocenters. The third-order valence-electron chi connectivity index (χ3n) is 4.11. The first-order valence-electron chi connectivity index (χ1n) is 8.66. The number of aromatic nitrogens is 2. The van der Waals surface area contributed by atoms with E-state index < -0.39 is 0 Å².